The van der Waals surface area contributed by atoms with Crippen molar-refractivity contribution in [2.24, 2.45) is 0 Å². The van der Waals surface area contributed by atoms with Crippen molar-refractivity contribution in [2.75, 3.05) is 6.54 Å². The second-order valence-corrected chi connectivity index (χ2v) is 7.67. The van der Waals surface area contributed by atoms with Gasteiger partial charge in [-0.25, -0.2) is 8.42 Å². The SMILES string of the molecule is O=S(=O)(c1cccc(Br)c1)N1CCc2ccccc2C1. The third-order valence-corrected chi connectivity index (χ3v) is 5.86. The molecule has 3 nitrogen and oxygen atoms in total. The van der Waals surface area contributed by atoms with Gasteiger partial charge < -0.3 is 0 Å². The molecule has 20 heavy (non-hydrogen) atoms. The van der Waals surface area contributed by atoms with E-state index in [9.17, 15) is 8.42 Å². The van der Waals surface area contributed by atoms with E-state index >= 15 is 0 Å². The summed E-state index contributed by atoms with van der Waals surface area (Å²) in [6, 6.07) is 14.9. The maximum absolute atomic E-state index is 12.7. The predicted molar refractivity (Wildman–Crippen MR) is 81.9 cm³/mol. The molecule has 0 radical (unpaired) electrons. The van der Waals surface area contributed by atoms with Crippen molar-refractivity contribution in [3.8, 4) is 0 Å². The Morgan fingerprint density at radius 3 is 2.50 bits per heavy atom. The first-order valence-corrected chi connectivity index (χ1v) is 8.63. The van der Waals surface area contributed by atoms with Gasteiger partial charge in [0, 0.05) is 17.6 Å². The van der Waals surface area contributed by atoms with Crippen LogP contribution in [0.3, 0.4) is 0 Å². The average Bonchev–Trinajstić information content (AvgIpc) is 2.46. The van der Waals surface area contributed by atoms with E-state index in [1.807, 2.05) is 24.3 Å². The Balaban J connectivity index is 1.94. The number of halogens is 1. The lowest BCUT2D eigenvalue weighted by Crippen LogP contribution is -2.35. The summed E-state index contributed by atoms with van der Waals surface area (Å²) in [4.78, 5) is 0.339. The molecule has 0 atom stereocenters. The molecule has 3 rings (SSSR count). The minimum absolute atomic E-state index is 0.339. The molecular formula is C15H14BrNO2S. The van der Waals surface area contributed by atoms with Gasteiger partial charge in [-0.2, -0.15) is 4.31 Å². The lowest BCUT2D eigenvalue weighted by Gasteiger charge is -2.28. The van der Waals surface area contributed by atoms with Crippen LogP contribution in [0, 0.1) is 0 Å². The molecule has 2 aromatic carbocycles. The van der Waals surface area contributed by atoms with Crippen molar-refractivity contribution < 1.29 is 8.42 Å². The molecule has 0 saturated carbocycles. The van der Waals surface area contributed by atoms with Crippen LogP contribution in [-0.4, -0.2) is 19.3 Å². The highest BCUT2D eigenvalue weighted by atomic mass is 79.9. The molecule has 2 aromatic rings. The zero-order valence-electron chi connectivity index (χ0n) is 10.8. The maximum Gasteiger partial charge on any atom is 0.243 e. The van der Waals surface area contributed by atoms with E-state index < -0.39 is 10.0 Å². The van der Waals surface area contributed by atoms with Gasteiger partial charge in [0.15, 0.2) is 0 Å². The van der Waals surface area contributed by atoms with Gasteiger partial charge in [-0.05, 0) is 35.7 Å². The minimum atomic E-state index is -3.42. The molecule has 0 spiro atoms. The summed E-state index contributed by atoms with van der Waals surface area (Å²) in [6.07, 6.45) is 0.767. The van der Waals surface area contributed by atoms with Gasteiger partial charge in [-0.3, -0.25) is 0 Å². The van der Waals surface area contributed by atoms with E-state index in [1.54, 1.807) is 22.5 Å². The fourth-order valence-electron chi connectivity index (χ4n) is 2.45. The highest BCUT2D eigenvalue weighted by Gasteiger charge is 2.28. The zero-order valence-corrected chi connectivity index (χ0v) is 13.2. The van der Waals surface area contributed by atoms with Crippen LogP contribution in [0.25, 0.3) is 0 Å². The van der Waals surface area contributed by atoms with Gasteiger partial charge in [0.25, 0.3) is 0 Å². The number of nitrogens with zero attached hydrogens (tertiary/aromatic N) is 1. The Labute approximate surface area is 127 Å². The molecule has 0 amide bonds. The predicted octanol–water partition coefficient (Wildman–Crippen LogP) is 3.20. The molecule has 0 fully saturated rings. The number of hydrogen-bond acceptors (Lipinski definition) is 2. The fraction of sp³-hybridized carbons (Fsp3) is 0.200. The Kier molecular flexibility index (Phi) is 3.67. The molecule has 1 aliphatic rings. The smallest absolute Gasteiger partial charge is 0.207 e. The van der Waals surface area contributed by atoms with Crippen molar-refractivity contribution in [1.82, 2.24) is 4.31 Å². The highest BCUT2D eigenvalue weighted by Crippen LogP contribution is 2.26. The quantitative estimate of drug-likeness (QED) is 0.833. The van der Waals surface area contributed by atoms with Crippen LogP contribution in [0.4, 0.5) is 0 Å². The monoisotopic (exact) mass is 351 g/mol. The van der Waals surface area contributed by atoms with Crippen molar-refractivity contribution in [2.45, 2.75) is 17.9 Å². The second-order valence-electron chi connectivity index (χ2n) is 4.81. The Morgan fingerprint density at radius 1 is 1.00 bits per heavy atom. The van der Waals surface area contributed by atoms with Crippen LogP contribution in [0.1, 0.15) is 11.1 Å². The summed E-state index contributed by atoms with van der Waals surface area (Å²) in [5, 5.41) is 0. The standard InChI is InChI=1S/C15H14BrNO2S/c16-14-6-3-7-15(10-14)20(18,19)17-9-8-12-4-1-2-5-13(12)11-17/h1-7,10H,8-9,11H2. The van der Waals surface area contributed by atoms with Crippen molar-refractivity contribution in [1.29, 1.82) is 0 Å². The van der Waals surface area contributed by atoms with Gasteiger partial charge in [0.1, 0.15) is 0 Å². The van der Waals surface area contributed by atoms with Crippen LogP contribution >= 0.6 is 15.9 Å². The van der Waals surface area contributed by atoms with Crippen LogP contribution < -0.4 is 0 Å². The molecule has 1 heterocycles. The van der Waals surface area contributed by atoms with E-state index in [0.717, 1.165) is 16.5 Å². The van der Waals surface area contributed by atoms with E-state index in [-0.39, 0.29) is 0 Å². The molecule has 0 aromatic heterocycles. The summed E-state index contributed by atoms with van der Waals surface area (Å²) in [7, 11) is -3.42. The molecular weight excluding hydrogens is 338 g/mol. The van der Waals surface area contributed by atoms with E-state index in [4.69, 9.17) is 0 Å². The van der Waals surface area contributed by atoms with Gasteiger partial charge in [-0.15, -0.1) is 0 Å². The van der Waals surface area contributed by atoms with Crippen LogP contribution in [-0.2, 0) is 23.0 Å². The number of benzene rings is 2. The average molecular weight is 352 g/mol. The van der Waals surface area contributed by atoms with Crippen LogP contribution in [0.15, 0.2) is 57.9 Å². The van der Waals surface area contributed by atoms with Crippen LogP contribution in [0.5, 0.6) is 0 Å². The first kappa shape index (κ1) is 13.8. The Bertz CT molecular complexity index is 743. The molecule has 0 unspecified atom stereocenters. The zero-order chi connectivity index (χ0) is 14.2. The Hall–Kier alpha value is -1.17. The lowest BCUT2D eigenvalue weighted by atomic mass is 10.0. The maximum atomic E-state index is 12.7. The first-order chi connectivity index (χ1) is 9.57. The molecule has 0 aliphatic carbocycles. The lowest BCUT2D eigenvalue weighted by molar-refractivity contribution is 0.391. The molecule has 0 saturated heterocycles. The normalized spacial score (nSPS) is 15.8. The third kappa shape index (κ3) is 2.53. The van der Waals surface area contributed by atoms with E-state index in [1.165, 1.54) is 5.56 Å². The molecule has 104 valence electrons. The second kappa shape index (κ2) is 5.31. The molecule has 0 N–H and O–H groups in total. The minimum Gasteiger partial charge on any atom is -0.207 e. The number of fused-ring (bicyclic) bond motifs is 1. The van der Waals surface area contributed by atoms with Crippen molar-refractivity contribution in [3.05, 3.63) is 64.1 Å². The van der Waals surface area contributed by atoms with Gasteiger partial charge in [0.2, 0.25) is 10.0 Å². The highest BCUT2D eigenvalue weighted by molar-refractivity contribution is 9.10. The topological polar surface area (TPSA) is 37.4 Å². The summed E-state index contributed by atoms with van der Waals surface area (Å²) in [6.45, 7) is 0.983. The number of hydrogen-bond donors (Lipinski definition) is 0. The first-order valence-electron chi connectivity index (χ1n) is 6.40. The fourth-order valence-corrected chi connectivity index (χ4v) is 4.47. The molecule has 0 bridgehead atoms. The number of sulfonamides is 1. The van der Waals surface area contributed by atoms with Gasteiger partial charge in [0.05, 0.1) is 4.90 Å². The van der Waals surface area contributed by atoms with E-state index in [2.05, 4.69) is 22.0 Å². The summed E-state index contributed by atoms with van der Waals surface area (Å²) in [5.41, 5.74) is 2.34. The third-order valence-electron chi connectivity index (χ3n) is 3.53. The number of rotatable bonds is 2. The summed E-state index contributed by atoms with van der Waals surface area (Å²) in [5.74, 6) is 0. The van der Waals surface area contributed by atoms with Crippen molar-refractivity contribution in [3.63, 3.8) is 0 Å². The van der Waals surface area contributed by atoms with Crippen LogP contribution in [0.2, 0.25) is 0 Å². The van der Waals surface area contributed by atoms with Gasteiger partial charge in [-0.1, -0.05) is 46.3 Å². The van der Waals surface area contributed by atoms with Gasteiger partial charge >= 0.3 is 0 Å². The molecule has 1 aliphatic heterocycles. The molecule has 5 heteroatoms. The van der Waals surface area contributed by atoms with E-state index in [0.29, 0.717) is 18.0 Å². The summed E-state index contributed by atoms with van der Waals surface area (Å²) >= 11 is 3.32. The Morgan fingerprint density at radius 2 is 1.75 bits per heavy atom. The van der Waals surface area contributed by atoms with Crippen molar-refractivity contribution >= 4 is 26.0 Å². The summed E-state index contributed by atoms with van der Waals surface area (Å²) < 4.78 is 27.6. The largest absolute Gasteiger partial charge is 0.243 e.